The van der Waals surface area contributed by atoms with Crippen molar-refractivity contribution in [1.29, 1.82) is 0 Å². The summed E-state index contributed by atoms with van der Waals surface area (Å²) in [5.74, 6) is 1.61. The number of rotatable bonds is 7. The van der Waals surface area contributed by atoms with Crippen molar-refractivity contribution in [2.75, 3.05) is 24.5 Å². The molecule has 7 nitrogen and oxygen atoms in total. The van der Waals surface area contributed by atoms with Gasteiger partial charge >= 0.3 is 0 Å². The Labute approximate surface area is 154 Å². The van der Waals surface area contributed by atoms with E-state index in [0.29, 0.717) is 24.4 Å². The maximum absolute atomic E-state index is 12.0. The monoisotopic (exact) mass is 359 g/mol. The molecule has 0 aromatic carbocycles. The molecule has 0 aliphatic carbocycles. The molecule has 7 heteroatoms. The summed E-state index contributed by atoms with van der Waals surface area (Å²) in [6, 6.07) is 0. The number of carbonyl (C=O) groups is 1. The Morgan fingerprint density at radius 2 is 1.96 bits per heavy atom. The summed E-state index contributed by atoms with van der Waals surface area (Å²) in [6.07, 6.45) is 7.84. The third kappa shape index (κ3) is 4.51. The fourth-order valence-electron chi connectivity index (χ4n) is 3.35. The van der Waals surface area contributed by atoms with Gasteiger partial charge < -0.3 is 14.7 Å². The Hall–Kier alpha value is -2.18. The van der Waals surface area contributed by atoms with E-state index in [1.54, 1.807) is 0 Å². The summed E-state index contributed by atoms with van der Waals surface area (Å²) in [6.45, 7) is 6.76. The Balaban J connectivity index is 1.77. The number of amides is 1. The van der Waals surface area contributed by atoms with Crippen LogP contribution in [-0.2, 0) is 11.2 Å². The summed E-state index contributed by atoms with van der Waals surface area (Å²) in [5.41, 5.74) is 1.35. The molecule has 1 saturated heterocycles. The fourth-order valence-corrected chi connectivity index (χ4v) is 3.35. The van der Waals surface area contributed by atoms with Gasteiger partial charge in [0, 0.05) is 32.5 Å². The van der Waals surface area contributed by atoms with Crippen molar-refractivity contribution in [3.63, 3.8) is 0 Å². The number of unbranched alkanes of at least 4 members (excludes halogenated alkanes) is 1. The third-order valence-corrected chi connectivity index (χ3v) is 4.87. The molecule has 1 aliphatic heterocycles. The van der Waals surface area contributed by atoms with E-state index < -0.39 is 0 Å². The van der Waals surface area contributed by atoms with Crippen molar-refractivity contribution in [2.24, 2.45) is 0 Å². The molecule has 1 aliphatic rings. The molecule has 1 N–H and O–H groups in total. The van der Waals surface area contributed by atoms with Crippen LogP contribution in [-0.4, -0.2) is 40.7 Å². The molecule has 2 aromatic rings. The summed E-state index contributed by atoms with van der Waals surface area (Å²) in [7, 11) is 0. The van der Waals surface area contributed by atoms with Crippen LogP contribution in [0.15, 0.2) is 4.52 Å². The van der Waals surface area contributed by atoms with Gasteiger partial charge in [-0.15, -0.1) is 0 Å². The highest BCUT2D eigenvalue weighted by Gasteiger charge is 2.21. The first-order chi connectivity index (χ1) is 12.7. The molecule has 2 aromatic heterocycles. The predicted molar refractivity (Wildman–Crippen MR) is 101 cm³/mol. The lowest BCUT2D eigenvalue weighted by Gasteiger charge is -2.22. The standard InChI is InChI=1S/C19H29N5O2/c1-3-4-11-20-16(25)10-9-15-21-18(24-12-7-5-6-8-13-24)17-14(2)23-26-19(17)22-15/h3-13H2,1-2H3,(H,20,25). The van der Waals surface area contributed by atoms with E-state index in [1.807, 2.05) is 6.92 Å². The highest BCUT2D eigenvalue weighted by molar-refractivity contribution is 5.88. The second-order valence-corrected chi connectivity index (χ2v) is 7.02. The van der Waals surface area contributed by atoms with E-state index in [4.69, 9.17) is 9.51 Å². The van der Waals surface area contributed by atoms with E-state index in [2.05, 4.69) is 27.3 Å². The molecule has 0 bridgehead atoms. The van der Waals surface area contributed by atoms with Gasteiger partial charge in [-0.1, -0.05) is 31.3 Å². The summed E-state index contributed by atoms with van der Waals surface area (Å²) >= 11 is 0. The number of aryl methyl sites for hydroxylation is 2. The van der Waals surface area contributed by atoms with Gasteiger partial charge in [-0.2, -0.15) is 4.98 Å². The molecule has 142 valence electrons. The van der Waals surface area contributed by atoms with Crippen LogP contribution in [0.2, 0.25) is 0 Å². The molecule has 3 heterocycles. The first-order valence-electron chi connectivity index (χ1n) is 9.83. The van der Waals surface area contributed by atoms with Gasteiger partial charge in [0.2, 0.25) is 5.91 Å². The molecular formula is C19H29N5O2. The molecule has 1 amide bonds. The SMILES string of the molecule is CCCCNC(=O)CCc1nc(N2CCCCCC2)c2c(C)noc2n1. The Morgan fingerprint density at radius 1 is 1.19 bits per heavy atom. The number of fused-ring (bicyclic) bond motifs is 1. The summed E-state index contributed by atoms with van der Waals surface area (Å²) in [5, 5.41) is 7.92. The normalized spacial score (nSPS) is 15.2. The highest BCUT2D eigenvalue weighted by atomic mass is 16.5. The van der Waals surface area contributed by atoms with E-state index in [1.165, 1.54) is 25.7 Å². The number of nitrogens with zero attached hydrogens (tertiary/aromatic N) is 4. The third-order valence-electron chi connectivity index (χ3n) is 4.87. The van der Waals surface area contributed by atoms with Crippen LogP contribution in [0.1, 0.15) is 63.4 Å². The lowest BCUT2D eigenvalue weighted by Crippen LogP contribution is -2.26. The number of hydrogen-bond donors (Lipinski definition) is 1. The maximum Gasteiger partial charge on any atom is 0.263 e. The van der Waals surface area contributed by atoms with Crippen LogP contribution in [0.3, 0.4) is 0 Å². The molecule has 0 spiro atoms. The first kappa shape index (κ1) is 18.6. The van der Waals surface area contributed by atoms with Gasteiger partial charge in [0.1, 0.15) is 17.0 Å². The fraction of sp³-hybridized carbons (Fsp3) is 0.684. The van der Waals surface area contributed by atoms with E-state index in [0.717, 1.165) is 49.4 Å². The summed E-state index contributed by atoms with van der Waals surface area (Å²) in [4.78, 5) is 23.6. The number of aromatic nitrogens is 3. The number of hydrogen-bond acceptors (Lipinski definition) is 6. The van der Waals surface area contributed by atoms with Crippen molar-refractivity contribution >= 4 is 22.8 Å². The molecule has 0 unspecified atom stereocenters. The molecular weight excluding hydrogens is 330 g/mol. The zero-order valence-corrected chi connectivity index (χ0v) is 15.9. The van der Waals surface area contributed by atoms with Crippen molar-refractivity contribution in [2.45, 2.75) is 65.2 Å². The molecule has 1 fully saturated rings. The largest absolute Gasteiger partial charge is 0.356 e. The zero-order valence-electron chi connectivity index (χ0n) is 15.9. The van der Waals surface area contributed by atoms with Gasteiger partial charge in [-0.3, -0.25) is 4.79 Å². The van der Waals surface area contributed by atoms with Gasteiger partial charge in [0.05, 0.1) is 5.69 Å². The van der Waals surface area contributed by atoms with E-state index in [9.17, 15) is 4.79 Å². The average Bonchev–Trinajstić information content (AvgIpc) is 2.86. The smallest absolute Gasteiger partial charge is 0.263 e. The molecule has 0 saturated carbocycles. The van der Waals surface area contributed by atoms with Crippen LogP contribution in [0.4, 0.5) is 5.82 Å². The minimum absolute atomic E-state index is 0.0484. The average molecular weight is 359 g/mol. The molecule has 26 heavy (non-hydrogen) atoms. The highest BCUT2D eigenvalue weighted by Crippen LogP contribution is 2.29. The van der Waals surface area contributed by atoms with Crippen molar-refractivity contribution in [3.8, 4) is 0 Å². The Morgan fingerprint density at radius 3 is 2.69 bits per heavy atom. The summed E-state index contributed by atoms with van der Waals surface area (Å²) < 4.78 is 5.41. The van der Waals surface area contributed by atoms with Crippen molar-refractivity contribution in [1.82, 2.24) is 20.4 Å². The van der Waals surface area contributed by atoms with Crippen molar-refractivity contribution in [3.05, 3.63) is 11.5 Å². The predicted octanol–water partition coefficient (Wildman–Crippen LogP) is 3.16. The molecule has 0 atom stereocenters. The number of carbonyl (C=O) groups excluding carboxylic acids is 1. The van der Waals surface area contributed by atoms with Crippen LogP contribution in [0.25, 0.3) is 11.1 Å². The second kappa shape index (κ2) is 8.96. The van der Waals surface area contributed by atoms with Gasteiger partial charge in [0.25, 0.3) is 5.71 Å². The van der Waals surface area contributed by atoms with Crippen LogP contribution < -0.4 is 10.2 Å². The first-order valence-corrected chi connectivity index (χ1v) is 9.83. The number of nitrogens with one attached hydrogen (secondary N) is 1. The van der Waals surface area contributed by atoms with Gasteiger partial charge in [0.15, 0.2) is 0 Å². The van der Waals surface area contributed by atoms with E-state index >= 15 is 0 Å². The van der Waals surface area contributed by atoms with Gasteiger partial charge in [-0.25, -0.2) is 4.98 Å². The van der Waals surface area contributed by atoms with E-state index in [-0.39, 0.29) is 5.91 Å². The lowest BCUT2D eigenvalue weighted by molar-refractivity contribution is -0.121. The maximum atomic E-state index is 12.0. The quantitative estimate of drug-likeness (QED) is 0.765. The van der Waals surface area contributed by atoms with Crippen LogP contribution >= 0.6 is 0 Å². The molecule has 3 rings (SSSR count). The Bertz CT molecular complexity index is 735. The zero-order chi connectivity index (χ0) is 18.4. The van der Waals surface area contributed by atoms with Crippen LogP contribution in [0, 0.1) is 6.92 Å². The minimum Gasteiger partial charge on any atom is -0.356 e. The minimum atomic E-state index is 0.0484. The second-order valence-electron chi connectivity index (χ2n) is 7.02. The topological polar surface area (TPSA) is 84.2 Å². The van der Waals surface area contributed by atoms with Crippen LogP contribution in [0.5, 0.6) is 0 Å². The lowest BCUT2D eigenvalue weighted by atomic mass is 10.2. The van der Waals surface area contributed by atoms with Crippen molar-refractivity contribution < 1.29 is 9.32 Å². The molecule has 0 radical (unpaired) electrons. The van der Waals surface area contributed by atoms with Gasteiger partial charge in [-0.05, 0) is 26.2 Å². The number of anilines is 1. The Kier molecular flexibility index (Phi) is 6.41.